The standard InChI is InChI=1S/C12H16N4O/c1-8(12(17)14-5-4-13)9-2-3-10-11(6-9)16-7-15-10/h2-3,6-8H,4-5,13H2,1H3,(H,14,17)(H,15,16). The van der Waals surface area contributed by atoms with Crippen LogP contribution in [0.1, 0.15) is 18.4 Å². The maximum atomic E-state index is 11.8. The summed E-state index contributed by atoms with van der Waals surface area (Å²) in [7, 11) is 0. The monoisotopic (exact) mass is 232 g/mol. The van der Waals surface area contributed by atoms with Crippen molar-refractivity contribution in [3.05, 3.63) is 30.1 Å². The number of carbonyl (C=O) groups excluding carboxylic acids is 1. The average molecular weight is 232 g/mol. The van der Waals surface area contributed by atoms with Gasteiger partial charge in [0.25, 0.3) is 0 Å². The van der Waals surface area contributed by atoms with Crippen molar-refractivity contribution in [3.63, 3.8) is 0 Å². The van der Waals surface area contributed by atoms with Gasteiger partial charge in [0.15, 0.2) is 0 Å². The molecule has 0 aliphatic heterocycles. The van der Waals surface area contributed by atoms with E-state index in [9.17, 15) is 4.79 Å². The quantitative estimate of drug-likeness (QED) is 0.727. The number of aromatic amines is 1. The van der Waals surface area contributed by atoms with E-state index in [2.05, 4.69) is 15.3 Å². The van der Waals surface area contributed by atoms with Crippen molar-refractivity contribution >= 4 is 16.9 Å². The first-order valence-corrected chi connectivity index (χ1v) is 5.63. The van der Waals surface area contributed by atoms with Crippen molar-refractivity contribution in [2.24, 2.45) is 5.73 Å². The van der Waals surface area contributed by atoms with Crippen LogP contribution >= 0.6 is 0 Å². The highest BCUT2D eigenvalue weighted by Crippen LogP contribution is 2.19. The van der Waals surface area contributed by atoms with E-state index in [1.807, 2.05) is 25.1 Å². The number of nitrogens with two attached hydrogens (primary N) is 1. The molecule has 0 radical (unpaired) electrons. The Hall–Kier alpha value is -1.88. The number of hydrogen-bond donors (Lipinski definition) is 3. The molecule has 2 aromatic rings. The minimum atomic E-state index is -0.186. The molecule has 1 heterocycles. The van der Waals surface area contributed by atoms with Crippen molar-refractivity contribution in [2.75, 3.05) is 13.1 Å². The fourth-order valence-corrected chi connectivity index (χ4v) is 1.72. The Bertz CT molecular complexity index is 520. The highest BCUT2D eigenvalue weighted by molar-refractivity contribution is 5.85. The van der Waals surface area contributed by atoms with Gasteiger partial charge in [-0.1, -0.05) is 6.07 Å². The SMILES string of the molecule is CC(C(=O)NCCN)c1ccc2nc[nH]c2c1. The Balaban J connectivity index is 2.17. The molecule has 0 bridgehead atoms. The number of benzene rings is 1. The van der Waals surface area contributed by atoms with E-state index in [0.717, 1.165) is 16.6 Å². The zero-order valence-corrected chi connectivity index (χ0v) is 9.73. The molecule has 1 aromatic heterocycles. The number of carbonyl (C=O) groups is 1. The van der Waals surface area contributed by atoms with Crippen molar-refractivity contribution in [3.8, 4) is 0 Å². The molecule has 0 aliphatic rings. The highest BCUT2D eigenvalue weighted by Gasteiger charge is 2.15. The van der Waals surface area contributed by atoms with Crippen molar-refractivity contribution in [1.29, 1.82) is 0 Å². The molecule has 5 heteroatoms. The van der Waals surface area contributed by atoms with E-state index in [1.54, 1.807) is 6.33 Å². The summed E-state index contributed by atoms with van der Waals surface area (Å²) in [5.74, 6) is -0.191. The predicted octanol–water partition coefficient (Wildman–Crippen LogP) is 0.741. The number of fused-ring (bicyclic) bond motifs is 1. The first-order chi connectivity index (χ1) is 8.22. The van der Waals surface area contributed by atoms with Crippen LogP contribution in [0.3, 0.4) is 0 Å². The number of hydrogen-bond acceptors (Lipinski definition) is 3. The molecule has 0 aliphatic carbocycles. The second-order valence-corrected chi connectivity index (χ2v) is 3.98. The molecule has 0 saturated carbocycles. The van der Waals surface area contributed by atoms with Gasteiger partial charge in [0.2, 0.25) is 5.91 Å². The predicted molar refractivity (Wildman–Crippen MR) is 66.6 cm³/mol. The van der Waals surface area contributed by atoms with Crippen LogP contribution in [0.5, 0.6) is 0 Å². The van der Waals surface area contributed by atoms with E-state index in [1.165, 1.54) is 0 Å². The maximum Gasteiger partial charge on any atom is 0.227 e. The fraction of sp³-hybridized carbons (Fsp3) is 0.333. The van der Waals surface area contributed by atoms with Gasteiger partial charge in [0.1, 0.15) is 0 Å². The fourth-order valence-electron chi connectivity index (χ4n) is 1.72. The average Bonchev–Trinajstić information content (AvgIpc) is 2.81. The second-order valence-electron chi connectivity index (χ2n) is 3.98. The number of H-pyrrole nitrogens is 1. The minimum absolute atomic E-state index is 0.00526. The summed E-state index contributed by atoms with van der Waals surface area (Å²) in [6.07, 6.45) is 1.65. The maximum absolute atomic E-state index is 11.8. The minimum Gasteiger partial charge on any atom is -0.354 e. The smallest absolute Gasteiger partial charge is 0.227 e. The summed E-state index contributed by atoms with van der Waals surface area (Å²) in [6.45, 7) is 2.84. The van der Waals surface area contributed by atoms with Crippen molar-refractivity contribution in [2.45, 2.75) is 12.8 Å². The van der Waals surface area contributed by atoms with Crippen LogP contribution < -0.4 is 11.1 Å². The van der Waals surface area contributed by atoms with Gasteiger partial charge in [-0.3, -0.25) is 4.79 Å². The normalized spacial score (nSPS) is 12.6. The molecular formula is C12H16N4O. The second kappa shape index (κ2) is 4.97. The molecule has 90 valence electrons. The third kappa shape index (κ3) is 2.45. The van der Waals surface area contributed by atoms with E-state index in [0.29, 0.717) is 13.1 Å². The zero-order valence-electron chi connectivity index (χ0n) is 9.73. The third-order valence-corrected chi connectivity index (χ3v) is 2.78. The number of imidazole rings is 1. The van der Waals surface area contributed by atoms with Crippen LogP contribution in [-0.2, 0) is 4.79 Å². The number of amides is 1. The number of nitrogens with zero attached hydrogens (tertiary/aromatic N) is 1. The van der Waals surface area contributed by atoms with Crippen LogP contribution in [0.25, 0.3) is 11.0 Å². The number of rotatable bonds is 4. The summed E-state index contributed by atoms with van der Waals surface area (Å²) < 4.78 is 0. The van der Waals surface area contributed by atoms with Crippen molar-refractivity contribution in [1.82, 2.24) is 15.3 Å². The lowest BCUT2D eigenvalue weighted by Crippen LogP contribution is -2.32. The lowest BCUT2D eigenvalue weighted by molar-refractivity contribution is -0.122. The van der Waals surface area contributed by atoms with Crippen LogP contribution in [0.2, 0.25) is 0 Å². The molecular weight excluding hydrogens is 216 g/mol. The molecule has 0 saturated heterocycles. The van der Waals surface area contributed by atoms with Gasteiger partial charge in [0, 0.05) is 13.1 Å². The summed E-state index contributed by atoms with van der Waals surface area (Å²) in [5, 5.41) is 2.78. The molecule has 2 rings (SSSR count). The lowest BCUT2D eigenvalue weighted by Gasteiger charge is -2.11. The first-order valence-electron chi connectivity index (χ1n) is 5.63. The summed E-state index contributed by atoms with van der Waals surface area (Å²) in [6, 6.07) is 5.79. The van der Waals surface area contributed by atoms with E-state index in [4.69, 9.17) is 5.73 Å². The van der Waals surface area contributed by atoms with Gasteiger partial charge in [-0.25, -0.2) is 4.98 Å². The number of nitrogens with one attached hydrogen (secondary N) is 2. The van der Waals surface area contributed by atoms with Gasteiger partial charge in [-0.05, 0) is 24.6 Å². The summed E-state index contributed by atoms with van der Waals surface area (Å²) in [5.41, 5.74) is 8.17. The van der Waals surface area contributed by atoms with Gasteiger partial charge in [0.05, 0.1) is 23.3 Å². The van der Waals surface area contributed by atoms with Gasteiger partial charge < -0.3 is 16.0 Å². The van der Waals surface area contributed by atoms with Gasteiger partial charge >= 0.3 is 0 Å². The molecule has 1 amide bonds. The van der Waals surface area contributed by atoms with Crippen LogP contribution in [0, 0.1) is 0 Å². The molecule has 17 heavy (non-hydrogen) atoms. The van der Waals surface area contributed by atoms with Crippen LogP contribution in [0.4, 0.5) is 0 Å². The van der Waals surface area contributed by atoms with E-state index < -0.39 is 0 Å². The lowest BCUT2D eigenvalue weighted by atomic mass is 10.00. The Morgan fingerprint density at radius 1 is 1.59 bits per heavy atom. The number of aromatic nitrogens is 2. The molecule has 1 unspecified atom stereocenters. The molecule has 0 fully saturated rings. The Morgan fingerprint density at radius 2 is 2.41 bits per heavy atom. The van der Waals surface area contributed by atoms with Gasteiger partial charge in [-0.2, -0.15) is 0 Å². The molecule has 1 atom stereocenters. The Kier molecular flexibility index (Phi) is 3.39. The topological polar surface area (TPSA) is 83.8 Å². The van der Waals surface area contributed by atoms with Crippen LogP contribution in [-0.4, -0.2) is 29.0 Å². The first kappa shape index (κ1) is 11.6. The Morgan fingerprint density at radius 3 is 3.18 bits per heavy atom. The third-order valence-electron chi connectivity index (χ3n) is 2.78. The molecule has 5 nitrogen and oxygen atoms in total. The summed E-state index contributed by atoms with van der Waals surface area (Å²) >= 11 is 0. The molecule has 4 N–H and O–H groups in total. The largest absolute Gasteiger partial charge is 0.354 e. The Labute approximate surface area is 99.4 Å². The highest BCUT2D eigenvalue weighted by atomic mass is 16.1. The van der Waals surface area contributed by atoms with Crippen LogP contribution in [0.15, 0.2) is 24.5 Å². The van der Waals surface area contributed by atoms with E-state index >= 15 is 0 Å². The molecule has 0 spiro atoms. The van der Waals surface area contributed by atoms with Gasteiger partial charge in [-0.15, -0.1) is 0 Å². The zero-order chi connectivity index (χ0) is 12.3. The van der Waals surface area contributed by atoms with Crippen molar-refractivity contribution < 1.29 is 4.79 Å². The summed E-state index contributed by atoms with van der Waals surface area (Å²) in [4.78, 5) is 19.0. The van der Waals surface area contributed by atoms with E-state index in [-0.39, 0.29) is 11.8 Å². The molecule has 1 aromatic carbocycles.